The number of aromatic nitrogens is 2. The van der Waals surface area contributed by atoms with Gasteiger partial charge < -0.3 is 19.5 Å². The first-order valence-corrected chi connectivity index (χ1v) is 14.9. The molecule has 0 radical (unpaired) electrons. The molecule has 2 aromatic heterocycles. The van der Waals surface area contributed by atoms with Gasteiger partial charge in [-0.2, -0.15) is 0 Å². The molecule has 1 saturated heterocycles. The minimum absolute atomic E-state index is 0.0930. The van der Waals surface area contributed by atoms with Gasteiger partial charge >= 0.3 is 0 Å². The zero-order valence-electron chi connectivity index (χ0n) is 24.8. The van der Waals surface area contributed by atoms with Gasteiger partial charge in [-0.25, -0.2) is 0 Å². The quantitative estimate of drug-likeness (QED) is 0.198. The van der Waals surface area contributed by atoms with E-state index in [0.717, 1.165) is 34.9 Å². The van der Waals surface area contributed by atoms with Crippen LogP contribution in [0.2, 0.25) is 0 Å². The van der Waals surface area contributed by atoms with E-state index in [0.29, 0.717) is 5.11 Å². The van der Waals surface area contributed by atoms with Gasteiger partial charge in [-0.05, 0) is 117 Å². The molecule has 212 valence electrons. The van der Waals surface area contributed by atoms with Crippen LogP contribution in [-0.2, 0) is 6.42 Å². The van der Waals surface area contributed by atoms with Crippen molar-refractivity contribution >= 4 is 23.0 Å². The fourth-order valence-electron chi connectivity index (χ4n) is 6.18. The minimum atomic E-state index is -0.113. The summed E-state index contributed by atoms with van der Waals surface area (Å²) in [6.45, 7) is 10.9. The Morgan fingerprint density at radius 2 is 1.60 bits per heavy atom. The predicted octanol–water partition coefficient (Wildman–Crippen LogP) is 8.64. The molecule has 1 aliphatic heterocycles. The SMILES string of the molecule is CCc1cccc(C)c1-n1c(C)cc([C@@H]2[C@@H](c3ccccn3)NC(=S)N2c2ccc(Oc3ccccc3C)cc2)c1C. The molecule has 2 atom stereocenters. The molecule has 1 aliphatic rings. The van der Waals surface area contributed by atoms with Crippen molar-refractivity contribution in [2.45, 2.75) is 53.1 Å². The first kappa shape index (κ1) is 27.7. The lowest BCUT2D eigenvalue weighted by atomic mass is 9.96. The van der Waals surface area contributed by atoms with Crippen LogP contribution < -0.4 is 15.0 Å². The van der Waals surface area contributed by atoms with Crippen molar-refractivity contribution in [1.29, 1.82) is 0 Å². The van der Waals surface area contributed by atoms with E-state index in [1.807, 2.05) is 48.7 Å². The van der Waals surface area contributed by atoms with E-state index in [2.05, 4.69) is 97.9 Å². The molecule has 0 aliphatic carbocycles. The lowest BCUT2D eigenvalue weighted by Crippen LogP contribution is -2.29. The van der Waals surface area contributed by atoms with Gasteiger partial charge in [0.15, 0.2) is 5.11 Å². The van der Waals surface area contributed by atoms with Crippen molar-refractivity contribution in [3.8, 4) is 17.2 Å². The van der Waals surface area contributed by atoms with Gasteiger partial charge in [0, 0.05) is 23.3 Å². The Morgan fingerprint density at radius 1 is 0.857 bits per heavy atom. The molecule has 1 N–H and O–H groups in total. The van der Waals surface area contributed by atoms with Crippen LogP contribution in [0.1, 0.15) is 58.3 Å². The van der Waals surface area contributed by atoms with E-state index >= 15 is 0 Å². The highest BCUT2D eigenvalue weighted by Gasteiger charge is 2.42. The second-order valence-electron chi connectivity index (χ2n) is 11.0. The Morgan fingerprint density at radius 3 is 2.31 bits per heavy atom. The number of rotatable bonds is 7. The van der Waals surface area contributed by atoms with Crippen molar-refractivity contribution < 1.29 is 4.74 Å². The number of benzene rings is 3. The van der Waals surface area contributed by atoms with Crippen LogP contribution in [0.15, 0.2) is 97.2 Å². The topological polar surface area (TPSA) is 42.3 Å². The second-order valence-corrected chi connectivity index (χ2v) is 11.3. The Bertz CT molecular complexity index is 1740. The molecule has 5 aromatic rings. The van der Waals surface area contributed by atoms with E-state index in [9.17, 15) is 0 Å². The molecule has 0 spiro atoms. The van der Waals surface area contributed by atoms with Crippen LogP contribution in [0, 0.1) is 27.7 Å². The number of anilines is 1. The van der Waals surface area contributed by atoms with E-state index in [4.69, 9.17) is 21.9 Å². The van der Waals surface area contributed by atoms with Crippen molar-refractivity contribution in [2.24, 2.45) is 0 Å². The molecule has 1 fully saturated rings. The van der Waals surface area contributed by atoms with Crippen molar-refractivity contribution in [1.82, 2.24) is 14.9 Å². The van der Waals surface area contributed by atoms with Gasteiger partial charge in [0.25, 0.3) is 0 Å². The predicted molar refractivity (Wildman–Crippen MR) is 175 cm³/mol. The third kappa shape index (κ3) is 4.96. The van der Waals surface area contributed by atoms with Crippen molar-refractivity contribution in [2.75, 3.05) is 4.90 Å². The molecule has 0 bridgehead atoms. The number of para-hydroxylation sites is 2. The maximum absolute atomic E-state index is 6.20. The maximum Gasteiger partial charge on any atom is 0.174 e. The van der Waals surface area contributed by atoms with E-state index in [1.165, 1.54) is 33.8 Å². The molecule has 6 heteroatoms. The van der Waals surface area contributed by atoms with E-state index in [-0.39, 0.29) is 12.1 Å². The lowest BCUT2D eigenvalue weighted by molar-refractivity contribution is 0.479. The van der Waals surface area contributed by atoms with Gasteiger partial charge in [0.2, 0.25) is 0 Å². The summed E-state index contributed by atoms with van der Waals surface area (Å²) in [5, 5.41) is 4.29. The first-order chi connectivity index (χ1) is 20.4. The summed E-state index contributed by atoms with van der Waals surface area (Å²) >= 11 is 6.02. The molecule has 0 saturated carbocycles. The smallest absolute Gasteiger partial charge is 0.174 e. The van der Waals surface area contributed by atoms with E-state index < -0.39 is 0 Å². The fraction of sp³-hybridized carbons (Fsp3) is 0.222. The third-order valence-corrected chi connectivity index (χ3v) is 8.56. The maximum atomic E-state index is 6.20. The molecule has 5 nitrogen and oxygen atoms in total. The largest absolute Gasteiger partial charge is 0.457 e. The van der Waals surface area contributed by atoms with Gasteiger partial charge in [-0.3, -0.25) is 4.98 Å². The highest BCUT2D eigenvalue weighted by molar-refractivity contribution is 7.80. The van der Waals surface area contributed by atoms with Gasteiger partial charge in [0.05, 0.1) is 23.5 Å². The lowest BCUT2D eigenvalue weighted by Gasteiger charge is -2.28. The fourth-order valence-corrected chi connectivity index (χ4v) is 6.52. The molecule has 42 heavy (non-hydrogen) atoms. The van der Waals surface area contributed by atoms with Crippen LogP contribution in [0.4, 0.5) is 5.69 Å². The van der Waals surface area contributed by atoms with Crippen LogP contribution in [-0.4, -0.2) is 14.7 Å². The zero-order valence-corrected chi connectivity index (χ0v) is 25.6. The minimum Gasteiger partial charge on any atom is -0.457 e. The number of thiocarbonyl (C=S) groups is 1. The Balaban J connectivity index is 1.44. The summed E-state index contributed by atoms with van der Waals surface area (Å²) in [4.78, 5) is 6.98. The van der Waals surface area contributed by atoms with Crippen LogP contribution in [0.25, 0.3) is 5.69 Å². The summed E-state index contributed by atoms with van der Waals surface area (Å²) in [5.41, 5.74) is 10.6. The molecule has 0 amide bonds. The molecule has 0 unspecified atom stereocenters. The second kappa shape index (κ2) is 11.5. The Hall–Kier alpha value is -4.42. The van der Waals surface area contributed by atoms with Crippen LogP contribution in [0.3, 0.4) is 0 Å². The number of aryl methyl sites for hydroxylation is 4. The highest BCUT2D eigenvalue weighted by Crippen LogP contribution is 2.44. The number of hydrogen-bond donors (Lipinski definition) is 1. The zero-order chi connectivity index (χ0) is 29.4. The van der Waals surface area contributed by atoms with Gasteiger partial charge in [-0.15, -0.1) is 0 Å². The Labute approximate surface area is 253 Å². The molecule has 6 rings (SSSR count). The van der Waals surface area contributed by atoms with Crippen molar-refractivity contribution in [3.05, 3.63) is 137 Å². The number of pyridine rings is 1. The molecule has 3 heterocycles. The molecule has 3 aromatic carbocycles. The third-order valence-electron chi connectivity index (χ3n) is 8.25. The number of ether oxygens (including phenoxy) is 1. The van der Waals surface area contributed by atoms with Crippen molar-refractivity contribution in [3.63, 3.8) is 0 Å². The van der Waals surface area contributed by atoms with Crippen LogP contribution >= 0.6 is 12.2 Å². The normalized spacial score (nSPS) is 16.5. The first-order valence-electron chi connectivity index (χ1n) is 14.5. The highest BCUT2D eigenvalue weighted by atomic mass is 32.1. The average molecular weight is 573 g/mol. The molecular formula is C36H36N4OS. The number of nitrogens with zero attached hydrogens (tertiary/aromatic N) is 3. The standard InChI is InChI=1S/C36H36N4OS/c1-6-27-14-11-13-24(3)34(27)39-25(4)22-30(26(39)5)35-33(31-15-9-10-21-37-31)38-36(42)40(35)28-17-19-29(20-18-28)41-32-16-8-7-12-23(32)2/h7-22,33,35H,6H2,1-5H3,(H,38,42)/t33-,35-/m1/s1. The summed E-state index contributed by atoms with van der Waals surface area (Å²) < 4.78 is 8.61. The summed E-state index contributed by atoms with van der Waals surface area (Å²) in [7, 11) is 0. The summed E-state index contributed by atoms with van der Waals surface area (Å²) in [6, 6.07) is 31.0. The number of nitrogens with one attached hydrogen (secondary N) is 1. The average Bonchev–Trinajstić information content (AvgIpc) is 3.49. The molecular weight excluding hydrogens is 536 g/mol. The van der Waals surface area contributed by atoms with E-state index in [1.54, 1.807) is 0 Å². The van der Waals surface area contributed by atoms with Gasteiger partial charge in [0.1, 0.15) is 11.5 Å². The monoisotopic (exact) mass is 572 g/mol. The summed E-state index contributed by atoms with van der Waals surface area (Å²) in [5.74, 6) is 1.64. The van der Waals surface area contributed by atoms with Crippen LogP contribution in [0.5, 0.6) is 11.5 Å². The number of hydrogen-bond acceptors (Lipinski definition) is 3. The summed E-state index contributed by atoms with van der Waals surface area (Å²) in [6.07, 6.45) is 2.82. The van der Waals surface area contributed by atoms with Gasteiger partial charge in [-0.1, -0.05) is 49.4 Å². The Kier molecular flexibility index (Phi) is 7.56.